The lowest BCUT2D eigenvalue weighted by molar-refractivity contribution is 0.159. The number of rotatable bonds is 5. The Labute approximate surface area is 146 Å². The molecule has 0 spiro atoms. The highest BCUT2D eigenvalue weighted by atomic mass is 35.5. The SMILES string of the molecule is Cc1c(F)cccc1[C@@H](CCC(C)C)N1CCNCC1.Cl.Cl. The molecule has 0 saturated carbocycles. The molecular weight excluding hydrogens is 322 g/mol. The Hall–Kier alpha value is -0.350. The van der Waals surface area contributed by atoms with E-state index in [-0.39, 0.29) is 30.6 Å². The third-order valence-corrected chi connectivity index (χ3v) is 4.28. The average Bonchev–Trinajstić information content (AvgIpc) is 2.44. The zero-order valence-corrected chi connectivity index (χ0v) is 15.4. The Balaban J connectivity index is 0.00000220. The predicted molar refractivity (Wildman–Crippen MR) is 96.9 cm³/mol. The van der Waals surface area contributed by atoms with Gasteiger partial charge in [-0.05, 0) is 42.9 Å². The molecule has 0 amide bonds. The molecule has 1 aromatic rings. The number of benzene rings is 1. The Morgan fingerprint density at radius 2 is 1.77 bits per heavy atom. The summed E-state index contributed by atoms with van der Waals surface area (Å²) in [6.07, 6.45) is 2.30. The van der Waals surface area contributed by atoms with Crippen LogP contribution in [0, 0.1) is 18.7 Å². The zero-order valence-electron chi connectivity index (χ0n) is 13.8. The fourth-order valence-electron chi connectivity index (χ4n) is 3.00. The lowest BCUT2D eigenvalue weighted by Crippen LogP contribution is -2.45. The van der Waals surface area contributed by atoms with Crippen LogP contribution in [0.4, 0.5) is 4.39 Å². The van der Waals surface area contributed by atoms with Crippen LogP contribution in [0.3, 0.4) is 0 Å². The van der Waals surface area contributed by atoms with Gasteiger partial charge in [0.05, 0.1) is 0 Å². The Kier molecular flexibility index (Phi) is 10.3. The minimum absolute atomic E-state index is 0. The van der Waals surface area contributed by atoms with Gasteiger partial charge >= 0.3 is 0 Å². The van der Waals surface area contributed by atoms with E-state index >= 15 is 0 Å². The second-order valence-electron chi connectivity index (χ2n) is 6.23. The minimum Gasteiger partial charge on any atom is -0.314 e. The van der Waals surface area contributed by atoms with Gasteiger partial charge in [-0.3, -0.25) is 4.90 Å². The summed E-state index contributed by atoms with van der Waals surface area (Å²) in [5.41, 5.74) is 1.99. The smallest absolute Gasteiger partial charge is 0.126 e. The van der Waals surface area contributed by atoms with Crippen molar-refractivity contribution >= 4 is 24.8 Å². The van der Waals surface area contributed by atoms with Crippen molar-refractivity contribution in [3.8, 4) is 0 Å². The van der Waals surface area contributed by atoms with E-state index in [1.165, 1.54) is 12.0 Å². The summed E-state index contributed by atoms with van der Waals surface area (Å²) in [5.74, 6) is 0.612. The van der Waals surface area contributed by atoms with Gasteiger partial charge in [0, 0.05) is 32.2 Å². The van der Waals surface area contributed by atoms with Gasteiger partial charge in [0.25, 0.3) is 0 Å². The highest BCUT2D eigenvalue weighted by molar-refractivity contribution is 5.85. The van der Waals surface area contributed by atoms with E-state index in [2.05, 4.69) is 30.1 Å². The first-order valence-corrected chi connectivity index (χ1v) is 7.79. The maximum absolute atomic E-state index is 13.9. The summed E-state index contributed by atoms with van der Waals surface area (Å²) in [7, 11) is 0. The van der Waals surface area contributed by atoms with Crippen molar-refractivity contribution in [3.63, 3.8) is 0 Å². The molecule has 1 heterocycles. The zero-order chi connectivity index (χ0) is 14.5. The van der Waals surface area contributed by atoms with Crippen molar-refractivity contribution in [2.45, 2.75) is 39.7 Å². The molecule has 2 nitrogen and oxygen atoms in total. The molecule has 0 aliphatic carbocycles. The van der Waals surface area contributed by atoms with Gasteiger partial charge in [-0.25, -0.2) is 4.39 Å². The summed E-state index contributed by atoms with van der Waals surface area (Å²) < 4.78 is 13.9. The lowest BCUT2D eigenvalue weighted by Gasteiger charge is -2.36. The van der Waals surface area contributed by atoms with Gasteiger partial charge in [0.2, 0.25) is 0 Å². The molecule has 5 heteroatoms. The van der Waals surface area contributed by atoms with E-state index in [4.69, 9.17) is 0 Å². The van der Waals surface area contributed by atoms with Crippen molar-refractivity contribution in [1.82, 2.24) is 10.2 Å². The third-order valence-electron chi connectivity index (χ3n) is 4.28. The van der Waals surface area contributed by atoms with Crippen LogP contribution in [-0.4, -0.2) is 31.1 Å². The second kappa shape index (κ2) is 10.4. The van der Waals surface area contributed by atoms with Gasteiger partial charge in [-0.2, -0.15) is 0 Å². The van der Waals surface area contributed by atoms with Gasteiger partial charge in [0.15, 0.2) is 0 Å². The average molecular weight is 351 g/mol. The quantitative estimate of drug-likeness (QED) is 0.848. The van der Waals surface area contributed by atoms with Crippen LogP contribution in [0.1, 0.15) is 43.9 Å². The number of halogens is 3. The molecule has 0 bridgehead atoms. The van der Waals surface area contributed by atoms with Crippen LogP contribution in [0.25, 0.3) is 0 Å². The van der Waals surface area contributed by atoms with Crippen LogP contribution in [0.15, 0.2) is 18.2 Å². The van der Waals surface area contributed by atoms with Crippen molar-refractivity contribution in [2.24, 2.45) is 5.92 Å². The molecule has 1 aliphatic heterocycles. The molecule has 1 fully saturated rings. The van der Waals surface area contributed by atoms with Gasteiger partial charge < -0.3 is 5.32 Å². The van der Waals surface area contributed by atoms with Crippen LogP contribution in [0.2, 0.25) is 0 Å². The predicted octanol–water partition coefficient (Wildman–Crippen LogP) is 4.36. The summed E-state index contributed by atoms with van der Waals surface area (Å²) in [6.45, 7) is 10.6. The monoisotopic (exact) mass is 350 g/mol. The number of hydrogen-bond acceptors (Lipinski definition) is 2. The van der Waals surface area contributed by atoms with E-state index in [9.17, 15) is 4.39 Å². The largest absolute Gasteiger partial charge is 0.314 e. The third kappa shape index (κ3) is 5.69. The van der Waals surface area contributed by atoms with E-state index in [0.717, 1.165) is 38.2 Å². The van der Waals surface area contributed by atoms with Crippen molar-refractivity contribution in [1.29, 1.82) is 0 Å². The summed E-state index contributed by atoms with van der Waals surface area (Å²) >= 11 is 0. The standard InChI is InChI=1S/C17H27FN2.2ClH/c1-13(2)7-8-17(20-11-9-19-10-12-20)15-5-4-6-16(18)14(15)3;;/h4-6,13,17,19H,7-12H2,1-3H3;2*1H/t17-;;/m1../s1. The van der Waals surface area contributed by atoms with Gasteiger partial charge in [-0.15, -0.1) is 24.8 Å². The first kappa shape index (κ1) is 21.6. The molecule has 22 heavy (non-hydrogen) atoms. The molecule has 1 aromatic carbocycles. The Morgan fingerprint density at radius 3 is 2.36 bits per heavy atom. The maximum Gasteiger partial charge on any atom is 0.126 e. The van der Waals surface area contributed by atoms with E-state index in [1.807, 2.05) is 13.0 Å². The number of piperazine rings is 1. The maximum atomic E-state index is 13.9. The Bertz CT molecular complexity index is 435. The summed E-state index contributed by atoms with van der Waals surface area (Å²) in [4.78, 5) is 2.51. The molecule has 0 aromatic heterocycles. The van der Waals surface area contributed by atoms with Crippen molar-refractivity contribution in [3.05, 3.63) is 35.1 Å². The molecular formula is C17H29Cl2FN2. The van der Waals surface area contributed by atoms with Crippen LogP contribution >= 0.6 is 24.8 Å². The van der Waals surface area contributed by atoms with Crippen LogP contribution in [-0.2, 0) is 0 Å². The van der Waals surface area contributed by atoms with Crippen LogP contribution in [0.5, 0.6) is 0 Å². The fourth-order valence-corrected chi connectivity index (χ4v) is 3.00. The number of hydrogen-bond donors (Lipinski definition) is 1. The van der Waals surface area contributed by atoms with Crippen molar-refractivity contribution < 1.29 is 4.39 Å². The minimum atomic E-state index is -0.0767. The number of nitrogens with one attached hydrogen (secondary N) is 1. The normalized spacial score (nSPS) is 16.8. The lowest BCUT2D eigenvalue weighted by atomic mass is 9.92. The molecule has 1 aliphatic rings. The van der Waals surface area contributed by atoms with Crippen LogP contribution < -0.4 is 5.32 Å². The topological polar surface area (TPSA) is 15.3 Å². The van der Waals surface area contributed by atoms with E-state index in [0.29, 0.717) is 12.0 Å². The van der Waals surface area contributed by atoms with E-state index in [1.54, 1.807) is 6.07 Å². The highest BCUT2D eigenvalue weighted by Crippen LogP contribution is 2.30. The molecule has 2 rings (SSSR count). The van der Waals surface area contributed by atoms with E-state index < -0.39 is 0 Å². The van der Waals surface area contributed by atoms with Gasteiger partial charge in [0.1, 0.15) is 5.82 Å². The molecule has 0 radical (unpaired) electrons. The first-order valence-electron chi connectivity index (χ1n) is 7.79. The number of nitrogens with zero attached hydrogens (tertiary/aromatic N) is 1. The second-order valence-corrected chi connectivity index (χ2v) is 6.23. The summed E-state index contributed by atoms with van der Waals surface area (Å²) in [6, 6.07) is 5.87. The molecule has 128 valence electrons. The first-order chi connectivity index (χ1) is 9.59. The highest BCUT2D eigenvalue weighted by Gasteiger charge is 2.24. The summed E-state index contributed by atoms with van der Waals surface area (Å²) in [5, 5.41) is 3.40. The molecule has 1 N–H and O–H groups in total. The van der Waals surface area contributed by atoms with Gasteiger partial charge in [-0.1, -0.05) is 26.0 Å². The molecule has 0 unspecified atom stereocenters. The fraction of sp³-hybridized carbons (Fsp3) is 0.647. The van der Waals surface area contributed by atoms with Crippen molar-refractivity contribution in [2.75, 3.05) is 26.2 Å². The Morgan fingerprint density at radius 1 is 1.14 bits per heavy atom. The molecule has 1 saturated heterocycles. The molecule has 1 atom stereocenters.